The third-order valence-corrected chi connectivity index (χ3v) is 17.0. The maximum absolute atomic E-state index is 15.0. The molecule has 1 saturated heterocycles. The van der Waals surface area contributed by atoms with Gasteiger partial charge in [-0.3, -0.25) is 33.7 Å². The molecule has 0 radical (unpaired) electrons. The number of carbonyl (C=O) groups is 9. The molecule has 23 heteroatoms. The number of hydrogen-bond acceptors (Lipinski definition) is 14. The van der Waals surface area contributed by atoms with E-state index in [1.165, 1.54) is 26.2 Å². The molecule has 0 aliphatic carbocycles. The number of esters is 1. The standard InChI is InChI=1S/C68H112N10O13/c1-19-45(8)58(55(88-16)41-56(79)78-36-25-29-54(78)59(89-17)46(9)60(80)73-53(65(85)90-18)40-48-26-21-20-22-27-48)77(15)64(84)52(39-43(4)5)72-62(82)57(44(6)7)75(13)37-34-47-30-32-49(33-31-47)76(14)63(83)50(28-23-24-35-70-66(69)86)71-61(81)51(38-42(2)3)74-67(87)91-68(10,11)12/h20-22,26-27,30-33,42-46,50-55,57-59H,19,23-25,28-29,34-41H2,1-18H3,(H,71,81)(H,72,82)(H,73,80)(H,74,87)(H3,69,70,86)/t45-,46+,50-,51-,52-,53-,54-,55+,57-,58-,59+/m0/s1. The van der Waals surface area contributed by atoms with Crippen LogP contribution in [0.15, 0.2) is 54.6 Å². The van der Waals surface area contributed by atoms with Crippen LogP contribution in [0.3, 0.4) is 0 Å². The van der Waals surface area contributed by atoms with Crippen molar-refractivity contribution in [1.29, 1.82) is 0 Å². The van der Waals surface area contributed by atoms with Crippen LogP contribution in [0.2, 0.25) is 0 Å². The van der Waals surface area contributed by atoms with Crippen LogP contribution in [0.4, 0.5) is 15.3 Å². The molecule has 0 aromatic heterocycles. The number of primary amides is 1. The lowest BCUT2D eigenvalue weighted by molar-refractivity contribution is -0.148. The Labute approximate surface area is 542 Å². The van der Waals surface area contributed by atoms with Crippen molar-refractivity contribution < 1.29 is 62.1 Å². The molecule has 11 atom stereocenters. The number of alkyl carbamates (subject to hydrolysis) is 1. The summed E-state index contributed by atoms with van der Waals surface area (Å²) in [5.74, 6) is -3.70. The maximum atomic E-state index is 15.0. The quantitative estimate of drug-likeness (QED) is 0.0301. The van der Waals surface area contributed by atoms with E-state index in [0.29, 0.717) is 70.1 Å². The fourth-order valence-electron chi connectivity index (χ4n) is 12.1. The van der Waals surface area contributed by atoms with Gasteiger partial charge >= 0.3 is 18.1 Å². The van der Waals surface area contributed by atoms with Crippen molar-refractivity contribution in [2.75, 3.05) is 67.0 Å². The molecule has 9 amide bonds. The largest absolute Gasteiger partial charge is 0.467 e. The van der Waals surface area contributed by atoms with Crippen LogP contribution >= 0.6 is 0 Å². The fraction of sp³-hybridized carbons (Fsp3) is 0.691. The number of unbranched alkanes of at least 4 members (excludes halogenated alkanes) is 1. The van der Waals surface area contributed by atoms with Gasteiger partial charge in [-0.15, -0.1) is 0 Å². The van der Waals surface area contributed by atoms with Crippen molar-refractivity contribution >= 4 is 59.2 Å². The van der Waals surface area contributed by atoms with Gasteiger partial charge in [0.1, 0.15) is 29.8 Å². The van der Waals surface area contributed by atoms with Gasteiger partial charge in [-0.05, 0) is 126 Å². The second-order valence-corrected chi connectivity index (χ2v) is 26.7. The van der Waals surface area contributed by atoms with E-state index < -0.39 is 95.9 Å². The highest BCUT2D eigenvalue weighted by molar-refractivity contribution is 5.99. The fourth-order valence-corrected chi connectivity index (χ4v) is 12.1. The Morgan fingerprint density at radius 1 is 0.703 bits per heavy atom. The second-order valence-electron chi connectivity index (χ2n) is 26.7. The summed E-state index contributed by atoms with van der Waals surface area (Å²) >= 11 is 0. The number of nitrogens with two attached hydrogens (primary N) is 1. The first kappa shape index (κ1) is 78.4. The lowest BCUT2D eigenvalue weighted by Crippen LogP contribution is -2.59. The molecule has 0 unspecified atom stereocenters. The molecule has 1 aliphatic heterocycles. The number of hydrogen-bond donors (Lipinski definition) is 6. The number of rotatable bonds is 37. The molecule has 23 nitrogen and oxygen atoms in total. The third kappa shape index (κ3) is 25.3. The number of amides is 9. The van der Waals surface area contributed by atoms with E-state index in [1.807, 2.05) is 122 Å². The predicted octanol–water partition coefficient (Wildman–Crippen LogP) is 6.76. The zero-order chi connectivity index (χ0) is 68.4. The summed E-state index contributed by atoms with van der Waals surface area (Å²) in [7, 11) is 9.55. The van der Waals surface area contributed by atoms with E-state index in [0.717, 1.165) is 11.1 Å². The molecule has 2 aromatic carbocycles. The first-order chi connectivity index (χ1) is 42.8. The number of likely N-dealkylation sites (N-methyl/N-ethyl adjacent to an activating group) is 3. The summed E-state index contributed by atoms with van der Waals surface area (Å²) in [6.45, 7) is 23.9. The number of benzene rings is 2. The molecule has 2 aromatic rings. The van der Waals surface area contributed by atoms with Gasteiger partial charge in [-0.2, -0.15) is 0 Å². The van der Waals surface area contributed by atoms with Crippen LogP contribution in [0.5, 0.6) is 0 Å². The van der Waals surface area contributed by atoms with E-state index in [9.17, 15) is 43.2 Å². The highest BCUT2D eigenvalue weighted by atomic mass is 16.6. The average Bonchev–Trinajstić information content (AvgIpc) is 1.85. The number of methoxy groups -OCH3 is 3. The maximum Gasteiger partial charge on any atom is 0.408 e. The van der Waals surface area contributed by atoms with E-state index in [4.69, 9.17) is 24.7 Å². The molecule has 1 heterocycles. The van der Waals surface area contributed by atoms with E-state index >= 15 is 0 Å². The second kappa shape index (κ2) is 38.2. The van der Waals surface area contributed by atoms with E-state index in [-0.39, 0.29) is 73.1 Å². The summed E-state index contributed by atoms with van der Waals surface area (Å²) in [5.41, 5.74) is 6.82. The molecule has 91 heavy (non-hydrogen) atoms. The molecule has 1 fully saturated rings. The summed E-state index contributed by atoms with van der Waals surface area (Å²) in [5, 5.41) is 14.1. The van der Waals surface area contributed by atoms with Crippen LogP contribution in [0.25, 0.3) is 0 Å². The van der Waals surface area contributed by atoms with Crippen molar-refractivity contribution in [2.45, 2.75) is 214 Å². The molecule has 3 rings (SSSR count). The Morgan fingerprint density at radius 2 is 1.31 bits per heavy atom. The summed E-state index contributed by atoms with van der Waals surface area (Å²) in [6.07, 6.45) is 2.31. The van der Waals surface area contributed by atoms with Crippen molar-refractivity contribution in [3.05, 3.63) is 65.7 Å². The Bertz CT molecular complexity index is 2640. The molecular weight excluding hydrogens is 1160 g/mol. The van der Waals surface area contributed by atoms with Crippen molar-refractivity contribution in [2.24, 2.45) is 35.3 Å². The number of ether oxygens (including phenoxy) is 4. The monoisotopic (exact) mass is 1280 g/mol. The van der Waals surface area contributed by atoms with Gasteiger partial charge in [0.05, 0.1) is 49.8 Å². The van der Waals surface area contributed by atoms with Gasteiger partial charge in [0, 0.05) is 60.1 Å². The Hall–Kier alpha value is -6.85. The van der Waals surface area contributed by atoms with Crippen LogP contribution in [0, 0.1) is 29.6 Å². The van der Waals surface area contributed by atoms with Gasteiger partial charge in [0.2, 0.25) is 35.4 Å². The van der Waals surface area contributed by atoms with Crippen molar-refractivity contribution in [1.82, 2.24) is 41.3 Å². The minimum Gasteiger partial charge on any atom is -0.467 e. The normalized spacial score (nSPS) is 16.7. The van der Waals surface area contributed by atoms with Crippen LogP contribution in [-0.4, -0.2) is 190 Å². The van der Waals surface area contributed by atoms with Crippen molar-refractivity contribution in [3.63, 3.8) is 0 Å². The lowest BCUT2D eigenvalue weighted by Gasteiger charge is -2.41. The third-order valence-electron chi connectivity index (χ3n) is 17.0. The molecule has 0 saturated carbocycles. The molecule has 1 aliphatic rings. The van der Waals surface area contributed by atoms with Gasteiger partial charge in [-0.1, -0.05) is 111 Å². The first-order valence-corrected chi connectivity index (χ1v) is 32.5. The number of nitrogens with zero attached hydrogens (tertiary/aromatic N) is 4. The van der Waals surface area contributed by atoms with Crippen molar-refractivity contribution in [3.8, 4) is 0 Å². The lowest BCUT2D eigenvalue weighted by atomic mass is 9.89. The zero-order valence-electron chi connectivity index (χ0n) is 57.9. The van der Waals surface area contributed by atoms with Crippen LogP contribution in [0.1, 0.15) is 152 Å². The van der Waals surface area contributed by atoms with E-state index in [2.05, 4.69) is 26.6 Å². The number of nitrogens with one attached hydrogen (secondary N) is 5. The number of carbonyl (C=O) groups excluding carboxylic acids is 9. The summed E-state index contributed by atoms with van der Waals surface area (Å²) in [6, 6.07) is 10.7. The molecule has 512 valence electrons. The number of anilines is 1. The Balaban J connectivity index is 1.78. The Morgan fingerprint density at radius 3 is 1.86 bits per heavy atom. The highest BCUT2D eigenvalue weighted by Gasteiger charge is 2.44. The average molecular weight is 1280 g/mol. The van der Waals surface area contributed by atoms with Gasteiger partial charge in [0.25, 0.3) is 0 Å². The molecule has 0 bridgehead atoms. The molecule has 0 spiro atoms. The van der Waals surface area contributed by atoms with Crippen LogP contribution in [-0.2, 0) is 65.4 Å². The number of likely N-dealkylation sites (tertiary alicyclic amines) is 1. The molecular formula is C68H112N10O13. The minimum atomic E-state index is -0.977. The Kier molecular flexibility index (Phi) is 32.9. The smallest absolute Gasteiger partial charge is 0.408 e. The van der Waals surface area contributed by atoms with Gasteiger partial charge < -0.3 is 66.0 Å². The highest BCUT2D eigenvalue weighted by Crippen LogP contribution is 2.30. The number of urea groups is 1. The summed E-state index contributed by atoms with van der Waals surface area (Å²) < 4.78 is 22.6. The predicted molar refractivity (Wildman–Crippen MR) is 352 cm³/mol. The minimum absolute atomic E-state index is 0.0211. The SMILES string of the molecule is CC[C@H](C)[C@@H]([C@@H](CC(=O)N1CCC[C@H]1[C@H](OC)[C@@H](C)C(=O)N[C@@H](Cc1ccccc1)C(=O)OC)OC)N(C)C(=O)[C@H](CC(C)C)NC(=O)[C@H](C(C)C)N(C)CCc1ccc(N(C)C(=O)[C@H](CCCCNC(N)=O)NC(=O)[C@H](CC(C)C)NC(=O)OC(C)(C)C)cc1. The van der Waals surface area contributed by atoms with Crippen LogP contribution < -0.4 is 37.2 Å². The van der Waals surface area contributed by atoms with Gasteiger partial charge in [0.15, 0.2) is 0 Å². The van der Waals surface area contributed by atoms with E-state index in [1.54, 1.807) is 51.6 Å². The molecule has 7 N–H and O–H groups in total. The first-order valence-electron chi connectivity index (χ1n) is 32.5. The summed E-state index contributed by atoms with van der Waals surface area (Å²) in [4.78, 5) is 130. The zero-order valence-corrected chi connectivity index (χ0v) is 57.9. The van der Waals surface area contributed by atoms with Gasteiger partial charge in [-0.25, -0.2) is 14.4 Å². The topological polar surface area (TPSA) is 290 Å².